The highest BCUT2D eigenvalue weighted by Crippen LogP contribution is 2.38. The molecule has 136 valence electrons. The standard InChI is InChI=1S/C20H22N2O3S/c1-2-6-16-9-10-19(23)22-13-15-11-17(20(16)22)14-21(12-15)26(24,25)18-7-4-3-5-8-18/h2-10,15,17H,11-14H2,1H3/t15-,17-/m0/s1. The van der Waals surface area contributed by atoms with Gasteiger partial charge in [-0.15, -0.1) is 0 Å². The molecule has 2 aliphatic heterocycles. The van der Waals surface area contributed by atoms with Gasteiger partial charge in [0.2, 0.25) is 10.0 Å². The first kappa shape index (κ1) is 17.2. The molecule has 0 amide bonds. The molecule has 26 heavy (non-hydrogen) atoms. The van der Waals surface area contributed by atoms with Gasteiger partial charge >= 0.3 is 0 Å². The Bertz CT molecular complexity index is 1010. The lowest BCUT2D eigenvalue weighted by Crippen LogP contribution is -2.49. The molecule has 2 aliphatic rings. The number of aromatic nitrogens is 1. The second kappa shape index (κ2) is 6.52. The van der Waals surface area contributed by atoms with Gasteiger partial charge in [0.25, 0.3) is 5.56 Å². The maximum atomic E-state index is 13.1. The average molecular weight is 370 g/mol. The third-order valence-corrected chi connectivity index (χ3v) is 7.16. The number of allylic oxidation sites excluding steroid dienone is 1. The van der Waals surface area contributed by atoms with Crippen LogP contribution in [0.5, 0.6) is 0 Å². The third kappa shape index (κ3) is 2.83. The van der Waals surface area contributed by atoms with Gasteiger partial charge in [-0.1, -0.05) is 30.4 Å². The van der Waals surface area contributed by atoms with Crippen LogP contribution in [0.3, 0.4) is 0 Å². The lowest BCUT2D eigenvalue weighted by Gasteiger charge is -2.42. The van der Waals surface area contributed by atoms with Gasteiger partial charge in [-0.25, -0.2) is 8.42 Å². The van der Waals surface area contributed by atoms with Crippen LogP contribution in [0.4, 0.5) is 0 Å². The minimum Gasteiger partial charge on any atom is -0.311 e. The number of hydrogen-bond acceptors (Lipinski definition) is 3. The van der Waals surface area contributed by atoms with Crippen molar-refractivity contribution in [1.82, 2.24) is 8.87 Å². The summed E-state index contributed by atoms with van der Waals surface area (Å²) in [5.41, 5.74) is 1.98. The van der Waals surface area contributed by atoms with Gasteiger partial charge in [-0.05, 0) is 43.0 Å². The number of sulfonamides is 1. The van der Waals surface area contributed by atoms with Crippen molar-refractivity contribution in [3.63, 3.8) is 0 Å². The van der Waals surface area contributed by atoms with Crippen LogP contribution in [-0.2, 0) is 16.6 Å². The van der Waals surface area contributed by atoms with Crippen LogP contribution in [-0.4, -0.2) is 30.4 Å². The van der Waals surface area contributed by atoms with Gasteiger partial charge in [0.1, 0.15) is 0 Å². The summed E-state index contributed by atoms with van der Waals surface area (Å²) in [5, 5.41) is 0. The van der Waals surface area contributed by atoms with Crippen molar-refractivity contribution < 1.29 is 8.42 Å². The Balaban J connectivity index is 1.75. The summed E-state index contributed by atoms with van der Waals surface area (Å²) in [7, 11) is -3.51. The summed E-state index contributed by atoms with van der Waals surface area (Å²) in [6.45, 7) is 3.41. The van der Waals surface area contributed by atoms with Gasteiger partial charge in [0, 0.05) is 37.3 Å². The van der Waals surface area contributed by atoms with Gasteiger partial charge in [0.05, 0.1) is 4.90 Å². The Morgan fingerprint density at radius 2 is 1.81 bits per heavy atom. The van der Waals surface area contributed by atoms with Crippen molar-refractivity contribution in [2.75, 3.05) is 13.1 Å². The fourth-order valence-corrected chi connectivity index (χ4v) is 5.84. The molecule has 5 nitrogen and oxygen atoms in total. The van der Waals surface area contributed by atoms with Gasteiger partial charge in [0.15, 0.2) is 0 Å². The average Bonchev–Trinajstić information content (AvgIpc) is 2.65. The molecule has 2 aromatic rings. The van der Waals surface area contributed by atoms with Crippen molar-refractivity contribution in [3.8, 4) is 0 Å². The second-order valence-electron chi connectivity index (χ2n) is 7.06. The van der Waals surface area contributed by atoms with Crippen LogP contribution in [0.1, 0.15) is 30.5 Å². The van der Waals surface area contributed by atoms with E-state index in [-0.39, 0.29) is 17.4 Å². The molecule has 1 saturated heterocycles. The number of hydrogen-bond donors (Lipinski definition) is 0. The first-order valence-electron chi connectivity index (χ1n) is 8.92. The van der Waals surface area contributed by atoms with E-state index in [1.54, 1.807) is 34.6 Å². The molecular weight excluding hydrogens is 348 g/mol. The third-order valence-electron chi connectivity index (χ3n) is 5.32. The van der Waals surface area contributed by atoms with E-state index in [0.29, 0.717) is 24.5 Å². The Hall–Kier alpha value is -2.18. The molecule has 0 radical (unpaired) electrons. The summed E-state index contributed by atoms with van der Waals surface area (Å²) >= 11 is 0. The summed E-state index contributed by atoms with van der Waals surface area (Å²) in [6, 6.07) is 12.0. The lowest BCUT2D eigenvalue weighted by atomic mass is 9.82. The van der Waals surface area contributed by atoms with E-state index >= 15 is 0 Å². The van der Waals surface area contributed by atoms with Gasteiger partial charge in [-0.2, -0.15) is 4.31 Å². The molecule has 0 saturated carbocycles. The highest BCUT2D eigenvalue weighted by atomic mass is 32.2. The minimum absolute atomic E-state index is 0.00215. The zero-order valence-corrected chi connectivity index (χ0v) is 15.5. The van der Waals surface area contributed by atoms with E-state index in [1.165, 1.54) is 0 Å². The SMILES string of the molecule is CC=Cc1ccc(=O)n2c1[C@H]1C[C@@H](CN(S(=O)(=O)c3ccccc3)C1)C2. The van der Waals surface area contributed by atoms with Crippen LogP contribution in [0.15, 0.2) is 58.2 Å². The fourth-order valence-electron chi connectivity index (χ4n) is 4.26. The topological polar surface area (TPSA) is 59.4 Å². The number of piperidine rings is 1. The van der Waals surface area contributed by atoms with Crippen LogP contribution in [0.25, 0.3) is 6.08 Å². The van der Waals surface area contributed by atoms with Crippen LogP contribution in [0.2, 0.25) is 0 Å². The molecule has 3 heterocycles. The number of nitrogens with zero attached hydrogens (tertiary/aromatic N) is 2. The molecule has 0 spiro atoms. The molecule has 2 bridgehead atoms. The van der Waals surface area contributed by atoms with E-state index in [4.69, 9.17) is 0 Å². The first-order valence-corrected chi connectivity index (χ1v) is 10.4. The zero-order valence-electron chi connectivity index (χ0n) is 14.7. The zero-order chi connectivity index (χ0) is 18.3. The number of fused-ring (bicyclic) bond motifs is 4. The van der Waals surface area contributed by atoms with Crippen LogP contribution >= 0.6 is 0 Å². The van der Waals surface area contributed by atoms with Crippen molar-refractivity contribution in [3.05, 3.63) is 70.2 Å². The maximum absolute atomic E-state index is 13.1. The molecule has 1 aromatic heterocycles. The normalized spacial score (nSPS) is 23.1. The highest BCUT2D eigenvalue weighted by molar-refractivity contribution is 7.89. The van der Waals surface area contributed by atoms with E-state index in [0.717, 1.165) is 17.7 Å². The Kier molecular flexibility index (Phi) is 4.32. The van der Waals surface area contributed by atoms with E-state index < -0.39 is 10.0 Å². The molecule has 1 fully saturated rings. The van der Waals surface area contributed by atoms with Crippen molar-refractivity contribution >= 4 is 16.1 Å². The van der Waals surface area contributed by atoms with Crippen molar-refractivity contribution in [2.45, 2.75) is 30.7 Å². The maximum Gasteiger partial charge on any atom is 0.250 e. The molecule has 4 rings (SSSR count). The summed E-state index contributed by atoms with van der Waals surface area (Å²) in [5.74, 6) is 0.208. The summed E-state index contributed by atoms with van der Waals surface area (Å²) in [4.78, 5) is 12.7. The van der Waals surface area contributed by atoms with Crippen LogP contribution < -0.4 is 5.56 Å². The Labute approximate surface area is 153 Å². The quantitative estimate of drug-likeness (QED) is 0.835. The van der Waals surface area contributed by atoms with Gasteiger partial charge < -0.3 is 4.57 Å². The molecule has 0 unspecified atom stereocenters. The second-order valence-corrected chi connectivity index (χ2v) is 8.99. The number of pyridine rings is 1. The monoisotopic (exact) mass is 370 g/mol. The molecule has 6 heteroatoms. The number of rotatable bonds is 3. The smallest absolute Gasteiger partial charge is 0.250 e. The van der Waals surface area contributed by atoms with Crippen molar-refractivity contribution in [2.24, 2.45) is 5.92 Å². The molecule has 1 aromatic carbocycles. The predicted octanol–water partition coefficient (Wildman–Crippen LogP) is 2.69. The fraction of sp³-hybridized carbons (Fsp3) is 0.350. The number of benzene rings is 1. The molecule has 0 N–H and O–H groups in total. The minimum atomic E-state index is -3.51. The highest BCUT2D eigenvalue weighted by Gasteiger charge is 2.40. The summed E-state index contributed by atoms with van der Waals surface area (Å²) in [6.07, 6.45) is 4.87. The van der Waals surface area contributed by atoms with Crippen LogP contribution in [0, 0.1) is 5.92 Å². The first-order chi connectivity index (χ1) is 12.5. The lowest BCUT2D eigenvalue weighted by molar-refractivity contribution is 0.186. The largest absolute Gasteiger partial charge is 0.311 e. The molecular formula is C20H22N2O3S. The summed E-state index contributed by atoms with van der Waals surface area (Å²) < 4.78 is 29.5. The molecule has 0 aliphatic carbocycles. The van der Waals surface area contributed by atoms with E-state index in [1.807, 2.05) is 35.8 Å². The van der Waals surface area contributed by atoms with E-state index in [2.05, 4.69) is 0 Å². The predicted molar refractivity (Wildman–Crippen MR) is 101 cm³/mol. The Morgan fingerprint density at radius 1 is 1.04 bits per heavy atom. The molecule has 2 atom stereocenters. The van der Waals surface area contributed by atoms with Gasteiger partial charge in [-0.3, -0.25) is 4.79 Å². The van der Waals surface area contributed by atoms with Crippen molar-refractivity contribution in [1.29, 1.82) is 0 Å². The van der Waals surface area contributed by atoms with E-state index in [9.17, 15) is 13.2 Å². The Morgan fingerprint density at radius 3 is 2.54 bits per heavy atom.